The van der Waals surface area contributed by atoms with E-state index >= 15 is 0 Å². The minimum absolute atomic E-state index is 0.00506. The van der Waals surface area contributed by atoms with Crippen molar-refractivity contribution < 1.29 is 4.79 Å². The van der Waals surface area contributed by atoms with E-state index in [0.29, 0.717) is 11.4 Å². The molecule has 1 unspecified atom stereocenters. The molecule has 1 heterocycles. The van der Waals surface area contributed by atoms with Crippen molar-refractivity contribution in [1.82, 2.24) is 5.32 Å². The third-order valence-electron chi connectivity index (χ3n) is 1.37. The van der Waals surface area contributed by atoms with E-state index in [2.05, 4.69) is 43.8 Å². The van der Waals surface area contributed by atoms with Gasteiger partial charge in [-0.3, -0.25) is 4.79 Å². The summed E-state index contributed by atoms with van der Waals surface area (Å²) < 4.78 is 1.13. The second-order valence-corrected chi connectivity index (χ2v) is 7.00. The molecule has 0 spiro atoms. The lowest BCUT2D eigenvalue weighted by atomic mass is 10.3. The van der Waals surface area contributed by atoms with E-state index in [1.54, 1.807) is 11.3 Å². The van der Waals surface area contributed by atoms with E-state index in [1.807, 2.05) is 18.4 Å². The van der Waals surface area contributed by atoms with Crippen LogP contribution in [-0.2, 0) is 0 Å². The third kappa shape index (κ3) is 3.95. The van der Waals surface area contributed by atoms with Crippen LogP contribution in [0.3, 0.4) is 0 Å². The van der Waals surface area contributed by atoms with Gasteiger partial charge in [0, 0.05) is 16.8 Å². The number of carbonyl (C=O) groups is 1. The fraction of sp³-hybridized carbons (Fsp3) is 0.375. The Morgan fingerprint density at radius 1 is 1.85 bits per heavy atom. The summed E-state index contributed by atoms with van der Waals surface area (Å²) in [7, 11) is 0. The molecule has 0 bridgehead atoms. The fourth-order valence-corrected chi connectivity index (χ4v) is 2.25. The molecule has 0 saturated carbocycles. The summed E-state index contributed by atoms with van der Waals surface area (Å²) in [5.74, 6) is 0.00506. The number of hydrogen-bond acceptors (Lipinski definition) is 2. The first-order valence-electron chi connectivity index (χ1n) is 3.76. The zero-order chi connectivity index (χ0) is 9.84. The van der Waals surface area contributed by atoms with Crippen LogP contribution in [0.2, 0.25) is 0 Å². The monoisotopic (exact) mass is 373 g/mol. The Labute approximate surface area is 103 Å². The first kappa shape index (κ1) is 11.5. The van der Waals surface area contributed by atoms with Gasteiger partial charge in [0.25, 0.3) is 5.91 Å². The first-order valence-corrected chi connectivity index (χ1v) is 6.63. The molecule has 1 aromatic rings. The van der Waals surface area contributed by atoms with E-state index < -0.39 is 0 Å². The van der Waals surface area contributed by atoms with E-state index in [4.69, 9.17) is 0 Å². The van der Waals surface area contributed by atoms with Crippen LogP contribution in [0.5, 0.6) is 0 Å². The van der Waals surface area contributed by atoms with Crippen LogP contribution in [0.4, 0.5) is 0 Å². The molecule has 0 aliphatic rings. The number of hydrogen-bond donors (Lipinski definition) is 1. The van der Waals surface area contributed by atoms with Crippen molar-refractivity contribution in [2.75, 3.05) is 6.54 Å². The highest BCUT2D eigenvalue weighted by Crippen LogP contribution is 2.16. The van der Waals surface area contributed by atoms with Gasteiger partial charge >= 0.3 is 0 Å². The Bertz CT molecular complexity index is 300. The number of amides is 1. The molecule has 1 atom stereocenters. The minimum Gasteiger partial charge on any atom is -0.351 e. The van der Waals surface area contributed by atoms with Crippen LogP contribution in [0, 0.1) is 2.88 Å². The number of alkyl halides is 1. The predicted molar refractivity (Wildman–Crippen MR) is 67.8 cm³/mol. The molecule has 72 valence electrons. The maximum Gasteiger partial charge on any atom is 0.252 e. The molecule has 0 aromatic carbocycles. The van der Waals surface area contributed by atoms with Gasteiger partial charge in [-0.25, -0.2) is 0 Å². The summed E-state index contributed by atoms with van der Waals surface area (Å²) in [5.41, 5.74) is 0.752. The summed E-state index contributed by atoms with van der Waals surface area (Å²) in [4.78, 5) is 11.7. The maximum absolute atomic E-state index is 11.4. The molecule has 0 aliphatic carbocycles. The quantitative estimate of drug-likeness (QED) is 0.640. The van der Waals surface area contributed by atoms with Crippen molar-refractivity contribution in [3.63, 3.8) is 0 Å². The van der Waals surface area contributed by atoms with Gasteiger partial charge in [0.1, 0.15) is 0 Å². The number of thiophene rings is 1. The molecule has 0 aliphatic heterocycles. The highest BCUT2D eigenvalue weighted by molar-refractivity contribution is 14.1. The summed E-state index contributed by atoms with van der Waals surface area (Å²) in [5, 5.41) is 4.70. The van der Waals surface area contributed by atoms with Crippen molar-refractivity contribution in [3.8, 4) is 0 Å². The fourth-order valence-electron chi connectivity index (χ4n) is 0.765. The van der Waals surface area contributed by atoms with Gasteiger partial charge in [0.2, 0.25) is 0 Å². The van der Waals surface area contributed by atoms with Crippen molar-refractivity contribution >= 4 is 55.8 Å². The highest BCUT2D eigenvalue weighted by Gasteiger charge is 2.07. The van der Waals surface area contributed by atoms with Crippen LogP contribution < -0.4 is 5.32 Å². The maximum atomic E-state index is 11.4. The van der Waals surface area contributed by atoms with Crippen LogP contribution in [0.1, 0.15) is 17.3 Å². The van der Waals surface area contributed by atoms with Gasteiger partial charge in [0.05, 0.1) is 8.45 Å². The van der Waals surface area contributed by atoms with Gasteiger partial charge in [-0.15, -0.1) is 11.3 Å². The molecule has 0 radical (unpaired) electrons. The summed E-state index contributed by atoms with van der Waals surface area (Å²) in [6.45, 7) is 2.66. The minimum atomic E-state index is 0.00506. The van der Waals surface area contributed by atoms with E-state index in [0.717, 1.165) is 8.45 Å². The lowest BCUT2D eigenvalue weighted by Crippen LogP contribution is -2.27. The van der Waals surface area contributed by atoms with Crippen molar-refractivity contribution in [3.05, 3.63) is 19.9 Å². The highest BCUT2D eigenvalue weighted by atomic mass is 127. The van der Waals surface area contributed by atoms with Crippen LogP contribution in [0.15, 0.2) is 11.4 Å². The second kappa shape index (κ2) is 5.31. The molecule has 1 amide bonds. The van der Waals surface area contributed by atoms with E-state index in [9.17, 15) is 4.79 Å². The molecule has 1 N–H and O–H groups in total. The summed E-state index contributed by atoms with van der Waals surface area (Å²) in [6, 6.07) is 1.89. The molecule has 1 rings (SSSR count). The molecule has 0 fully saturated rings. The van der Waals surface area contributed by atoms with Crippen LogP contribution >= 0.6 is 49.9 Å². The van der Waals surface area contributed by atoms with Gasteiger partial charge < -0.3 is 5.32 Å². The number of halogens is 2. The normalized spacial score (nSPS) is 12.5. The van der Waals surface area contributed by atoms with Crippen molar-refractivity contribution in [2.24, 2.45) is 0 Å². The lowest BCUT2D eigenvalue weighted by molar-refractivity contribution is 0.0954. The van der Waals surface area contributed by atoms with Gasteiger partial charge in [0.15, 0.2) is 0 Å². The smallest absolute Gasteiger partial charge is 0.252 e. The summed E-state index contributed by atoms with van der Waals surface area (Å²) in [6.07, 6.45) is 0. The van der Waals surface area contributed by atoms with Gasteiger partial charge in [-0.05, 0) is 28.7 Å². The molecule has 13 heavy (non-hydrogen) atoms. The zero-order valence-electron chi connectivity index (χ0n) is 7.01. The Morgan fingerprint density at radius 3 is 3.00 bits per heavy atom. The molecule has 1 aromatic heterocycles. The topological polar surface area (TPSA) is 29.1 Å². The van der Waals surface area contributed by atoms with Gasteiger partial charge in [-0.2, -0.15) is 0 Å². The number of nitrogens with one attached hydrogen (secondary N) is 1. The largest absolute Gasteiger partial charge is 0.351 e. The van der Waals surface area contributed by atoms with Crippen molar-refractivity contribution in [1.29, 1.82) is 0 Å². The van der Waals surface area contributed by atoms with Crippen LogP contribution in [0.25, 0.3) is 0 Å². The Balaban J connectivity index is 2.49. The molecular formula is C8H9BrINOS. The average molecular weight is 374 g/mol. The Morgan fingerprint density at radius 2 is 2.54 bits per heavy atom. The molecular weight excluding hydrogens is 365 g/mol. The van der Waals surface area contributed by atoms with Gasteiger partial charge in [-0.1, -0.05) is 22.9 Å². The molecule has 2 nitrogen and oxygen atoms in total. The Kier molecular flexibility index (Phi) is 4.68. The lowest BCUT2D eigenvalue weighted by Gasteiger charge is -2.04. The standard InChI is InChI=1S/C8H9BrINOS/c1-5(9)3-11-8(12)6-2-7(10)13-4-6/h2,4-5H,3H2,1H3,(H,11,12). The van der Waals surface area contributed by atoms with E-state index in [1.165, 1.54) is 0 Å². The molecule has 5 heteroatoms. The van der Waals surface area contributed by atoms with Crippen molar-refractivity contribution in [2.45, 2.75) is 11.8 Å². The molecule has 0 saturated heterocycles. The first-order chi connectivity index (χ1) is 6.09. The third-order valence-corrected chi connectivity index (χ3v) is 3.49. The predicted octanol–water partition coefficient (Wildman–Crippen LogP) is 2.87. The number of carbonyl (C=O) groups excluding carboxylic acids is 1. The van der Waals surface area contributed by atoms with Crippen LogP contribution in [-0.4, -0.2) is 17.3 Å². The van der Waals surface area contributed by atoms with E-state index in [-0.39, 0.29) is 5.91 Å². The SMILES string of the molecule is CC(Br)CNC(=O)c1csc(I)c1. The zero-order valence-corrected chi connectivity index (χ0v) is 11.6. The summed E-state index contributed by atoms with van der Waals surface area (Å²) >= 11 is 7.15. The average Bonchev–Trinajstić information content (AvgIpc) is 2.47. The Hall–Kier alpha value is 0.380. The second-order valence-electron chi connectivity index (χ2n) is 2.63. The number of rotatable bonds is 3.